The van der Waals surface area contributed by atoms with Crippen LogP contribution in [0, 0.1) is 0 Å². The van der Waals surface area contributed by atoms with E-state index in [-0.39, 0.29) is 0 Å². The van der Waals surface area contributed by atoms with Gasteiger partial charge in [-0.25, -0.2) is 0 Å². The molecule has 0 heterocycles. The number of ether oxygens (including phenoxy) is 1. The lowest BCUT2D eigenvalue weighted by Gasteiger charge is -2.13. The molecule has 0 saturated carbocycles. The molecule has 1 aromatic carbocycles. The molecule has 2 heteroatoms. The van der Waals surface area contributed by atoms with Crippen molar-refractivity contribution in [2.75, 3.05) is 7.11 Å². The largest absolute Gasteiger partial charge is 0.496 e. The molecule has 78 valence electrons. The van der Waals surface area contributed by atoms with Gasteiger partial charge in [0.15, 0.2) is 0 Å². The van der Waals surface area contributed by atoms with Crippen LogP contribution in [-0.4, -0.2) is 13.2 Å². The predicted molar refractivity (Wildman–Crippen MR) is 59.6 cm³/mol. The zero-order valence-electron chi connectivity index (χ0n) is 9.21. The van der Waals surface area contributed by atoms with Gasteiger partial charge in [0.05, 0.1) is 7.11 Å². The van der Waals surface area contributed by atoms with Crippen molar-refractivity contribution >= 4 is 0 Å². The molecular formula is C12H19NO. The van der Waals surface area contributed by atoms with E-state index in [1.165, 1.54) is 5.56 Å². The minimum absolute atomic E-state index is 0.555. The standard InChI is InChI=1S/C12H19NO/c1-4-10(2)13-9-11-7-5-6-8-12(11)14-3/h5-8,10,13H,4,9H2,1-3H3/t10-/m1/s1. The normalized spacial score (nSPS) is 12.5. The minimum atomic E-state index is 0.555. The van der Waals surface area contributed by atoms with Gasteiger partial charge in [0.1, 0.15) is 5.75 Å². The van der Waals surface area contributed by atoms with Crippen molar-refractivity contribution in [3.05, 3.63) is 29.8 Å². The highest BCUT2D eigenvalue weighted by molar-refractivity contribution is 5.32. The topological polar surface area (TPSA) is 21.3 Å². The molecule has 0 amide bonds. The molecule has 1 atom stereocenters. The van der Waals surface area contributed by atoms with Crippen LogP contribution in [0.5, 0.6) is 5.75 Å². The van der Waals surface area contributed by atoms with Crippen LogP contribution >= 0.6 is 0 Å². The number of hydrogen-bond acceptors (Lipinski definition) is 2. The highest BCUT2D eigenvalue weighted by Crippen LogP contribution is 2.16. The van der Waals surface area contributed by atoms with Crippen molar-refractivity contribution < 1.29 is 4.74 Å². The molecule has 0 bridgehead atoms. The molecule has 0 radical (unpaired) electrons. The molecule has 0 fully saturated rings. The van der Waals surface area contributed by atoms with E-state index in [1.54, 1.807) is 7.11 Å². The molecule has 1 N–H and O–H groups in total. The van der Waals surface area contributed by atoms with Crippen molar-refractivity contribution in [2.45, 2.75) is 32.9 Å². The summed E-state index contributed by atoms with van der Waals surface area (Å²) in [7, 11) is 1.71. The van der Waals surface area contributed by atoms with Gasteiger partial charge in [-0.1, -0.05) is 25.1 Å². The second-order valence-corrected chi connectivity index (χ2v) is 3.50. The summed E-state index contributed by atoms with van der Waals surface area (Å²) in [6.07, 6.45) is 1.15. The maximum absolute atomic E-state index is 5.27. The highest BCUT2D eigenvalue weighted by Gasteiger charge is 2.02. The Hall–Kier alpha value is -1.02. The van der Waals surface area contributed by atoms with Crippen molar-refractivity contribution in [1.29, 1.82) is 0 Å². The summed E-state index contributed by atoms with van der Waals surface area (Å²) in [6, 6.07) is 8.67. The van der Waals surface area contributed by atoms with Crippen LogP contribution in [0.4, 0.5) is 0 Å². The summed E-state index contributed by atoms with van der Waals surface area (Å²) in [5, 5.41) is 3.44. The number of rotatable bonds is 5. The highest BCUT2D eigenvalue weighted by atomic mass is 16.5. The van der Waals surface area contributed by atoms with Crippen LogP contribution in [-0.2, 0) is 6.54 Å². The molecule has 0 aliphatic carbocycles. The first kappa shape index (κ1) is 11.1. The van der Waals surface area contributed by atoms with Gasteiger partial charge in [-0.2, -0.15) is 0 Å². The van der Waals surface area contributed by atoms with Crippen LogP contribution in [0.3, 0.4) is 0 Å². The molecule has 1 aromatic rings. The van der Waals surface area contributed by atoms with Crippen LogP contribution in [0.2, 0.25) is 0 Å². The van der Waals surface area contributed by atoms with Crippen LogP contribution in [0.25, 0.3) is 0 Å². The first-order valence-corrected chi connectivity index (χ1v) is 5.13. The molecule has 0 unspecified atom stereocenters. The Kier molecular flexibility index (Phi) is 4.47. The lowest BCUT2D eigenvalue weighted by atomic mass is 10.2. The Morgan fingerprint density at radius 3 is 2.71 bits per heavy atom. The fraction of sp³-hybridized carbons (Fsp3) is 0.500. The summed E-state index contributed by atoms with van der Waals surface area (Å²) < 4.78 is 5.27. The monoisotopic (exact) mass is 193 g/mol. The SMILES string of the molecule is CC[C@@H](C)NCc1ccccc1OC. The summed E-state index contributed by atoms with van der Waals surface area (Å²) in [5.41, 5.74) is 1.22. The van der Waals surface area contributed by atoms with E-state index in [0.717, 1.165) is 18.7 Å². The third kappa shape index (κ3) is 3.04. The third-order valence-electron chi connectivity index (χ3n) is 2.45. The first-order chi connectivity index (χ1) is 6.77. The summed E-state index contributed by atoms with van der Waals surface area (Å²) in [5.74, 6) is 0.961. The number of nitrogens with one attached hydrogen (secondary N) is 1. The second-order valence-electron chi connectivity index (χ2n) is 3.50. The lowest BCUT2D eigenvalue weighted by molar-refractivity contribution is 0.405. The fourth-order valence-electron chi connectivity index (χ4n) is 1.28. The van der Waals surface area contributed by atoms with E-state index < -0.39 is 0 Å². The van der Waals surface area contributed by atoms with Crippen molar-refractivity contribution in [2.24, 2.45) is 0 Å². The number of methoxy groups -OCH3 is 1. The number of benzene rings is 1. The van der Waals surface area contributed by atoms with Gasteiger partial charge < -0.3 is 10.1 Å². The van der Waals surface area contributed by atoms with E-state index >= 15 is 0 Å². The molecule has 0 aliphatic rings. The molecule has 1 rings (SSSR count). The lowest BCUT2D eigenvalue weighted by Crippen LogP contribution is -2.24. The summed E-state index contributed by atoms with van der Waals surface area (Å²) in [4.78, 5) is 0. The Labute approximate surface area is 86.3 Å². The minimum Gasteiger partial charge on any atom is -0.496 e. The first-order valence-electron chi connectivity index (χ1n) is 5.13. The maximum atomic E-state index is 5.27. The molecular weight excluding hydrogens is 174 g/mol. The maximum Gasteiger partial charge on any atom is 0.123 e. The molecule has 14 heavy (non-hydrogen) atoms. The van der Waals surface area contributed by atoms with Gasteiger partial charge in [0.2, 0.25) is 0 Å². The zero-order valence-corrected chi connectivity index (χ0v) is 9.21. The van der Waals surface area contributed by atoms with Crippen molar-refractivity contribution in [3.63, 3.8) is 0 Å². The average Bonchev–Trinajstić information content (AvgIpc) is 2.26. The van der Waals surface area contributed by atoms with Crippen LogP contribution < -0.4 is 10.1 Å². The Morgan fingerprint density at radius 2 is 2.07 bits per heavy atom. The van der Waals surface area contributed by atoms with Crippen molar-refractivity contribution in [1.82, 2.24) is 5.32 Å². The third-order valence-corrected chi connectivity index (χ3v) is 2.45. The Morgan fingerprint density at radius 1 is 1.36 bits per heavy atom. The number of para-hydroxylation sites is 1. The van der Waals surface area contributed by atoms with Crippen LogP contribution in [0.1, 0.15) is 25.8 Å². The van der Waals surface area contributed by atoms with Gasteiger partial charge in [0.25, 0.3) is 0 Å². The summed E-state index contributed by atoms with van der Waals surface area (Å²) >= 11 is 0. The molecule has 2 nitrogen and oxygen atoms in total. The Bertz CT molecular complexity index is 273. The van der Waals surface area contributed by atoms with Gasteiger partial charge in [-0.3, -0.25) is 0 Å². The smallest absolute Gasteiger partial charge is 0.123 e. The average molecular weight is 193 g/mol. The molecule has 0 spiro atoms. The zero-order chi connectivity index (χ0) is 10.4. The molecule has 0 aliphatic heterocycles. The molecule has 0 saturated heterocycles. The number of hydrogen-bond donors (Lipinski definition) is 1. The van der Waals surface area contributed by atoms with E-state index in [9.17, 15) is 0 Å². The fourth-order valence-corrected chi connectivity index (χ4v) is 1.28. The van der Waals surface area contributed by atoms with Gasteiger partial charge in [-0.15, -0.1) is 0 Å². The van der Waals surface area contributed by atoms with E-state index in [1.807, 2.05) is 18.2 Å². The van der Waals surface area contributed by atoms with Crippen LogP contribution in [0.15, 0.2) is 24.3 Å². The van der Waals surface area contributed by atoms with E-state index in [0.29, 0.717) is 6.04 Å². The van der Waals surface area contributed by atoms with E-state index in [2.05, 4.69) is 25.2 Å². The molecule has 0 aromatic heterocycles. The quantitative estimate of drug-likeness (QED) is 0.776. The van der Waals surface area contributed by atoms with Gasteiger partial charge in [-0.05, 0) is 19.4 Å². The van der Waals surface area contributed by atoms with Gasteiger partial charge in [0, 0.05) is 18.2 Å². The Balaban J connectivity index is 2.57. The summed E-state index contributed by atoms with van der Waals surface area (Å²) in [6.45, 7) is 5.24. The second kappa shape index (κ2) is 5.66. The van der Waals surface area contributed by atoms with E-state index in [4.69, 9.17) is 4.74 Å². The van der Waals surface area contributed by atoms with Gasteiger partial charge >= 0.3 is 0 Å². The predicted octanol–water partition coefficient (Wildman–Crippen LogP) is 2.58. The van der Waals surface area contributed by atoms with Crippen molar-refractivity contribution in [3.8, 4) is 5.75 Å².